The van der Waals surface area contributed by atoms with Crippen LogP contribution in [0.4, 0.5) is 0 Å². The molecule has 0 aliphatic heterocycles. The Hall–Kier alpha value is -2.84. The van der Waals surface area contributed by atoms with Crippen LogP contribution in [0.15, 0.2) is 164 Å². The van der Waals surface area contributed by atoms with Crippen molar-refractivity contribution < 1.29 is 94.4 Å². The number of halogens is 4. The van der Waals surface area contributed by atoms with Crippen LogP contribution in [0.25, 0.3) is 57.0 Å². The average Bonchev–Trinajstić information content (AvgIpc) is 3.98. The molecule has 0 fully saturated rings. The molecule has 0 N–H and O–H groups in total. The number of rotatable bonds is 6. The van der Waals surface area contributed by atoms with E-state index in [1.54, 1.807) is 16.7 Å². The summed E-state index contributed by atoms with van der Waals surface area (Å²) in [5.41, 5.74) is 16.1. The van der Waals surface area contributed by atoms with Crippen molar-refractivity contribution in [2.24, 2.45) is 0 Å². The fraction of sp³-hybridized carbons (Fsp3) is 0.0980. The molecule has 0 spiro atoms. The largest absolute Gasteiger partial charge is 1.00 e. The summed E-state index contributed by atoms with van der Waals surface area (Å²) in [6.07, 6.45) is 14.4. The van der Waals surface area contributed by atoms with Crippen LogP contribution in [-0.4, -0.2) is 3.05 Å². The molecule has 0 saturated carbocycles. The molecule has 4 aliphatic rings. The van der Waals surface area contributed by atoms with Crippen molar-refractivity contribution in [2.75, 3.05) is 0 Å². The molecule has 286 valence electrons. The molecule has 0 unspecified atom stereocenters. The minimum Gasteiger partial charge on any atom is -1.00 e. The normalized spacial score (nSPS) is 15.0. The topological polar surface area (TPSA) is 0 Å². The SMILES string of the molecule is C1=C[C@@H]([Zr+2][SiH](Cc2ccccc2)[Zr+2][C@@H]2C=Cc3ccccc32)c2ccccc21.CC1=Cc2cccc3cccc1c23.CC1=Cc2cccc3cccc1c23.[Cl-].[Cl-].[Cl-].[Cl-]. The van der Waals surface area contributed by atoms with Gasteiger partial charge >= 0.3 is 192 Å². The quantitative estimate of drug-likeness (QED) is 0.220. The van der Waals surface area contributed by atoms with Gasteiger partial charge in [0.25, 0.3) is 0 Å². The Labute approximate surface area is 391 Å². The van der Waals surface area contributed by atoms with Gasteiger partial charge in [-0.15, -0.1) is 0 Å². The molecular weight excluding hydrogens is 965 g/mol. The molecular formula is C51H42Cl4SiZr2. The summed E-state index contributed by atoms with van der Waals surface area (Å²) < 4.78 is 0.995. The molecule has 2 atom stereocenters. The summed E-state index contributed by atoms with van der Waals surface area (Å²) in [7, 11) is 0. The van der Waals surface area contributed by atoms with Gasteiger partial charge in [-0.25, -0.2) is 0 Å². The number of fused-ring (bicyclic) bond motifs is 2. The number of hydrogen-bond donors (Lipinski definition) is 0. The van der Waals surface area contributed by atoms with Crippen molar-refractivity contribution in [3.8, 4) is 0 Å². The molecule has 11 rings (SSSR count). The Morgan fingerprint density at radius 1 is 0.431 bits per heavy atom. The molecule has 0 saturated heterocycles. The van der Waals surface area contributed by atoms with Crippen LogP contribution in [0.2, 0.25) is 0 Å². The summed E-state index contributed by atoms with van der Waals surface area (Å²) in [5, 5.41) is 5.54. The molecule has 0 heterocycles. The van der Waals surface area contributed by atoms with Crippen LogP contribution in [0.5, 0.6) is 0 Å². The van der Waals surface area contributed by atoms with Crippen LogP contribution in [-0.2, 0) is 50.8 Å². The fourth-order valence-corrected chi connectivity index (χ4v) is 49.3. The number of benzene rings is 7. The van der Waals surface area contributed by atoms with Crippen LogP contribution >= 0.6 is 0 Å². The molecule has 58 heavy (non-hydrogen) atoms. The average molecular weight is 1010 g/mol. The molecule has 0 aromatic heterocycles. The van der Waals surface area contributed by atoms with E-state index in [0.29, 0.717) is 0 Å². The van der Waals surface area contributed by atoms with Crippen molar-refractivity contribution in [1.82, 2.24) is 0 Å². The van der Waals surface area contributed by atoms with Gasteiger partial charge in [0.2, 0.25) is 0 Å². The minimum atomic E-state index is -0.647. The second-order valence-electron chi connectivity index (χ2n) is 14.7. The monoisotopic (exact) mass is 1000 g/mol. The van der Waals surface area contributed by atoms with Crippen molar-refractivity contribution in [1.29, 1.82) is 0 Å². The first-order valence-electron chi connectivity index (χ1n) is 19.1. The van der Waals surface area contributed by atoms with E-state index in [0.717, 1.165) is 7.25 Å². The van der Waals surface area contributed by atoms with Gasteiger partial charge in [-0.1, -0.05) is 84.9 Å². The van der Waals surface area contributed by atoms with E-state index in [9.17, 15) is 0 Å². The van der Waals surface area contributed by atoms with E-state index < -0.39 is 47.8 Å². The summed E-state index contributed by atoms with van der Waals surface area (Å²) in [5.74, 6) is 0. The smallest absolute Gasteiger partial charge is 0.00361 e. The maximum absolute atomic E-state index is 2.56. The predicted octanol–water partition coefficient (Wildman–Crippen LogP) is 1.13. The van der Waals surface area contributed by atoms with E-state index >= 15 is 0 Å². The molecule has 7 aromatic carbocycles. The van der Waals surface area contributed by atoms with Gasteiger partial charge in [-0.05, 0) is 68.8 Å². The molecule has 4 aliphatic carbocycles. The van der Waals surface area contributed by atoms with E-state index in [1.165, 1.54) is 72.1 Å². The first-order valence-corrected chi connectivity index (χ1v) is 32.4. The van der Waals surface area contributed by atoms with Crippen molar-refractivity contribution in [2.45, 2.75) is 27.1 Å². The van der Waals surface area contributed by atoms with Gasteiger partial charge in [-0.3, -0.25) is 0 Å². The molecule has 0 radical (unpaired) electrons. The Morgan fingerprint density at radius 3 is 1.29 bits per heavy atom. The Bertz CT molecular complexity index is 2480. The van der Waals surface area contributed by atoms with Gasteiger partial charge < -0.3 is 49.6 Å². The van der Waals surface area contributed by atoms with Gasteiger partial charge in [-0.2, -0.15) is 0 Å². The standard InChI is InChI=1S/2C13H10.2C9H7.C7H8Si.4ClH.2Zr/c2*1-9-8-11-6-2-4-10-5-3-7-12(9)13(10)11;2*1-2-5-9-7-3-6-8(9)4-1;8-6-7-4-2-1-3-5-7;;;;;;/h2*2-8H,1H3;2*1-7H;1-5,8H,6H2;4*1H;;/q;;;;;;;;;2*+2/p-4. The van der Waals surface area contributed by atoms with E-state index in [-0.39, 0.29) is 49.6 Å². The third-order valence-electron chi connectivity index (χ3n) is 11.1. The third-order valence-corrected chi connectivity index (χ3v) is 44.8. The Morgan fingerprint density at radius 2 is 0.828 bits per heavy atom. The Balaban J connectivity index is 0.000000179. The molecule has 0 amide bonds. The van der Waals surface area contributed by atoms with Gasteiger partial charge in [0.1, 0.15) is 0 Å². The van der Waals surface area contributed by atoms with Crippen LogP contribution in [0.3, 0.4) is 0 Å². The second kappa shape index (κ2) is 21.1. The van der Waals surface area contributed by atoms with Crippen LogP contribution < -0.4 is 49.6 Å². The molecule has 0 bridgehead atoms. The minimum absolute atomic E-state index is 0. The summed E-state index contributed by atoms with van der Waals surface area (Å²) in [4.78, 5) is 0. The van der Waals surface area contributed by atoms with Gasteiger partial charge in [0.05, 0.1) is 0 Å². The summed E-state index contributed by atoms with van der Waals surface area (Å²) >= 11 is -0.864. The van der Waals surface area contributed by atoms with E-state index in [2.05, 4.69) is 202 Å². The van der Waals surface area contributed by atoms with Crippen molar-refractivity contribution >= 4 is 60.0 Å². The molecule has 7 aromatic rings. The molecule has 0 nitrogen and oxygen atoms in total. The van der Waals surface area contributed by atoms with Gasteiger partial charge in [0.15, 0.2) is 0 Å². The first-order chi connectivity index (χ1) is 26.6. The van der Waals surface area contributed by atoms with Gasteiger partial charge in [0, 0.05) is 0 Å². The Kier molecular flexibility index (Phi) is 16.8. The maximum Gasteiger partial charge on any atom is -0.00361 e. The van der Waals surface area contributed by atoms with E-state index in [1.807, 2.05) is 0 Å². The first kappa shape index (κ1) is 46.2. The fourth-order valence-electron chi connectivity index (χ4n) is 8.50. The number of hydrogen-bond acceptors (Lipinski definition) is 0. The van der Waals surface area contributed by atoms with Crippen molar-refractivity contribution in [3.63, 3.8) is 0 Å². The van der Waals surface area contributed by atoms with Crippen LogP contribution in [0.1, 0.15) is 71.2 Å². The second-order valence-corrected chi connectivity index (χ2v) is 45.6. The third kappa shape index (κ3) is 9.85. The zero-order valence-corrected chi connectivity index (χ0v) is 41.4. The zero-order chi connectivity index (χ0) is 36.4. The predicted molar refractivity (Wildman–Crippen MR) is 229 cm³/mol. The maximum atomic E-state index is 2.56. The number of allylic oxidation sites excluding steroid dienone is 4. The van der Waals surface area contributed by atoms with Crippen LogP contribution in [0, 0.1) is 0 Å². The summed E-state index contributed by atoms with van der Waals surface area (Å²) in [6.45, 7) is 4.35. The molecule has 7 heteroatoms. The van der Waals surface area contributed by atoms with Crippen molar-refractivity contribution in [3.05, 3.63) is 214 Å². The zero-order valence-electron chi connectivity index (χ0n) is 32.3. The van der Waals surface area contributed by atoms with E-state index in [4.69, 9.17) is 0 Å². The summed E-state index contributed by atoms with van der Waals surface area (Å²) in [6, 6.07) is 57.0.